The summed E-state index contributed by atoms with van der Waals surface area (Å²) in [5.74, 6) is 0.293. The van der Waals surface area contributed by atoms with Crippen LogP contribution < -0.4 is 14.8 Å². The first-order valence-electron chi connectivity index (χ1n) is 8.58. The standard InChI is InChI=1S/C20H22Cl2N2O4/c1-13(20(26)23-2)24(11-14-8-9-15(21)10-16(14)22)19(25)12-28-18-7-5-4-6-17(18)27-3/h4-10,13H,11-12H2,1-3H3,(H,23,26)/t13-/m0/s1. The number of rotatable bonds is 8. The Morgan fingerprint density at radius 3 is 2.43 bits per heavy atom. The number of hydrogen-bond donors (Lipinski definition) is 1. The van der Waals surface area contributed by atoms with Gasteiger partial charge in [0.2, 0.25) is 5.91 Å². The van der Waals surface area contributed by atoms with Crippen LogP contribution in [-0.4, -0.2) is 43.5 Å². The minimum Gasteiger partial charge on any atom is -0.493 e. The lowest BCUT2D eigenvalue weighted by atomic mass is 10.1. The molecule has 150 valence electrons. The number of hydrogen-bond acceptors (Lipinski definition) is 4. The number of para-hydroxylation sites is 2. The summed E-state index contributed by atoms with van der Waals surface area (Å²) in [6.07, 6.45) is 0. The van der Waals surface area contributed by atoms with Crippen molar-refractivity contribution in [2.24, 2.45) is 0 Å². The maximum atomic E-state index is 12.9. The van der Waals surface area contributed by atoms with E-state index < -0.39 is 6.04 Å². The molecule has 0 bridgehead atoms. The zero-order chi connectivity index (χ0) is 20.7. The van der Waals surface area contributed by atoms with E-state index in [1.165, 1.54) is 19.1 Å². The second kappa shape index (κ2) is 10.2. The molecule has 0 aliphatic rings. The summed E-state index contributed by atoms with van der Waals surface area (Å²) in [7, 11) is 3.04. The van der Waals surface area contributed by atoms with E-state index in [2.05, 4.69) is 5.32 Å². The summed E-state index contributed by atoms with van der Waals surface area (Å²) in [4.78, 5) is 26.4. The van der Waals surface area contributed by atoms with Crippen molar-refractivity contribution in [2.45, 2.75) is 19.5 Å². The number of ether oxygens (including phenoxy) is 2. The van der Waals surface area contributed by atoms with E-state index in [9.17, 15) is 9.59 Å². The van der Waals surface area contributed by atoms with Crippen LogP contribution in [0, 0.1) is 0 Å². The van der Waals surface area contributed by atoms with Crippen molar-refractivity contribution in [3.8, 4) is 11.5 Å². The number of methoxy groups -OCH3 is 1. The predicted molar refractivity (Wildman–Crippen MR) is 109 cm³/mol. The van der Waals surface area contributed by atoms with Crippen LogP contribution >= 0.6 is 23.2 Å². The lowest BCUT2D eigenvalue weighted by Crippen LogP contribution is -2.48. The molecule has 0 saturated heterocycles. The van der Waals surface area contributed by atoms with Gasteiger partial charge in [-0.3, -0.25) is 9.59 Å². The molecule has 0 radical (unpaired) electrons. The van der Waals surface area contributed by atoms with Crippen LogP contribution in [-0.2, 0) is 16.1 Å². The molecule has 0 unspecified atom stereocenters. The van der Waals surface area contributed by atoms with E-state index in [-0.39, 0.29) is 25.0 Å². The molecule has 0 heterocycles. The first-order chi connectivity index (χ1) is 13.4. The molecule has 0 spiro atoms. The Kier molecular flexibility index (Phi) is 7.96. The average molecular weight is 425 g/mol. The fraction of sp³-hybridized carbons (Fsp3) is 0.300. The number of carbonyl (C=O) groups excluding carboxylic acids is 2. The van der Waals surface area contributed by atoms with Crippen molar-refractivity contribution in [3.05, 3.63) is 58.1 Å². The van der Waals surface area contributed by atoms with Gasteiger partial charge in [-0.2, -0.15) is 0 Å². The van der Waals surface area contributed by atoms with E-state index in [1.807, 2.05) is 0 Å². The van der Waals surface area contributed by atoms with Crippen molar-refractivity contribution >= 4 is 35.0 Å². The molecule has 2 amide bonds. The van der Waals surface area contributed by atoms with E-state index in [0.29, 0.717) is 27.1 Å². The van der Waals surface area contributed by atoms with E-state index >= 15 is 0 Å². The first-order valence-corrected chi connectivity index (χ1v) is 9.33. The van der Waals surface area contributed by atoms with Gasteiger partial charge in [0.1, 0.15) is 6.04 Å². The molecule has 0 aliphatic carbocycles. The summed E-state index contributed by atoms with van der Waals surface area (Å²) >= 11 is 12.2. The van der Waals surface area contributed by atoms with Crippen LogP contribution in [0.1, 0.15) is 12.5 Å². The minimum absolute atomic E-state index is 0.138. The van der Waals surface area contributed by atoms with Gasteiger partial charge < -0.3 is 19.7 Å². The topological polar surface area (TPSA) is 67.9 Å². The van der Waals surface area contributed by atoms with Crippen molar-refractivity contribution < 1.29 is 19.1 Å². The molecule has 0 fully saturated rings. The maximum absolute atomic E-state index is 12.9. The number of amides is 2. The summed E-state index contributed by atoms with van der Waals surface area (Å²) < 4.78 is 10.8. The van der Waals surface area contributed by atoms with Crippen LogP contribution in [0.25, 0.3) is 0 Å². The van der Waals surface area contributed by atoms with E-state index in [0.717, 1.165) is 0 Å². The van der Waals surface area contributed by atoms with Gasteiger partial charge in [-0.25, -0.2) is 0 Å². The molecule has 0 aliphatic heterocycles. The normalized spacial score (nSPS) is 11.5. The summed E-state index contributed by atoms with van der Waals surface area (Å²) in [5.41, 5.74) is 0.674. The zero-order valence-corrected chi connectivity index (χ0v) is 17.4. The highest BCUT2D eigenvalue weighted by molar-refractivity contribution is 6.35. The SMILES string of the molecule is CNC(=O)[C@H](C)N(Cc1ccc(Cl)cc1Cl)C(=O)COc1ccccc1OC. The Labute approximate surface area is 174 Å². The van der Waals surface area contributed by atoms with Crippen LogP contribution in [0.3, 0.4) is 0 Å². The number of nitrogens with zero attached hydrogens (tertiary/aromatic N) is 1. The molecule has 1 N–H and O–H groups in total. The summed E-state index contributed by atoms with van der Waals surface area (Å²) in [6.45, 7) is 1.52. The molecule has 2 aromatic rings. The largest absolute Gasteiger partial charge is 0.493 e. The number of benzene rings is 2. The molecule has 1 atom stereocenters. The minimum atomic E-state index is -0.717. The number of carbonyl (C=O) groups is 2. The van der Waals surface area contributed by atoms with E-state index in [1.54, 1.807) is 49.4 Å². The van der Waals surface area contributed by atoms with Gasteiger partial charge >= 0.3 is 0 Å². The van der Waals surface area contributed by atoms with Crippen LogP contribution in [0.5, 0.6) is 11.5 Å². The van der Waals surface area contributed by atoms with Gasteiger partial charge in [-0.05, 0) is 36.8 Å². The molecule has 8 heteroatoms. The highest BCUT2D eigenvalue weighted by Crippen LogP contribution is 2.26. The first kappa shape index (κ1) is 21.9. The molecule has 0 aromatic heterocycles. The molecule has 6 nitrogen and oxygen atoms in total. The molecular formula is C20H22Cl2N2O4. The Balaban J connectivity index is 2.20. The van der Waals surface area contributed by atoms with Gasteiger partial charge in [0.05, 0.1) is 7.11 Å². The van der Waals surface area contributed by atoms with Gasteiger partial charge in [0.25, 0.3) is 5.91 Å². The predicted octanol–water partition coefficient (Wildman–Crippen LogP) is 3.54. The highest BCUT2D eigenvalue weighted by atomic mass is 35.5. The molecule has 0 saturated carbocycles. The smallest absolute Gasteiger partial charge is 0.261 e. The monoisotopic (exact) mass is 424 g/mol. The number of nitrogens with one attached hydrogen (secondary N) is 1. The fourth-order valence-electron chi connectivity index (χ4n) is 2.59. The molecular weight excluding hydrogens is 403 g/mol. The molecule has 28 heavy (non-hydrogen) atoms. The third-order valence-corrected chi connectivity index (χ3v) is 4.78. The second-order valence-corrected chi connectivity index (χ2v) is 6.83. The van der Waals surface area contributed by atoms with Gasteiger partial charge in [0, 0.05) is 23.6 Å². The third kappa shape index (κ3) is 5.53. The maximum Gasteiger partial charge on any atom is 0.261 e. The summed E-state index contributed by atoms with van der Waals surface area (Å²) in [5, 5.41) is 3.46. The van der Waals surface area contributed by atoms with Crippen LogP contribution in [0.4, 0.5) is 0 Å². The van der Waals surface area contributed by atoms with Crippen LogP contribution in [0.2, 0.25) is 10.0 Å². The summed E-state index contributed by atoms with van der Waals surface area (Å²) in [6, 6.07) is 11.3. The zero-order valence-electron chi connectivity index (χ0n) is 15.9. The van der Waals surface area contributed by atoms with Crippen molar-refractivity contribution in [2.75, 3.05) is 20.8 Å². The van der Waals surface area contributed by atoms with E-state index in [4.69, 9.17) is 32.7 Å². The van der Waals surface area contributed by atoms with Crippen molar-refractivity contribution in [1.29, 1.82) is 0 Å². The molecule has 2 aromatic carbocycles. The molecule has 2 rings (SSSR count). The van der Waals surface area contributed by atoms with Crippen molar-refractivity contribution in [1.82, 2.24) is 10.2 Å². The Hall–Kier alpha value is -2.44. The highest BCUT2D eigenvalue weighted by Gasteiger charge is 2.26. The Morgan fingerprint density at radius 1 is 1.14 bits per heavy atom. The van der Waals surface area contributed by atoms with Crippen LogP contribution in [0.15, 0.2) is 42.5 Å². The van der Waals surface area contributed by atoms with Gasteiger partial charge in [0.15, 0.2) is 18.1 Å². The number of halogens is 2. The number of likely N-dealkylation sites (N-methyl/N-ethyl adjacent to an activating group) is 1. The Morgan fingerprint density at radius 2 is 1.82 bits per heavy atom. The average Bonchev–Trinajstić information content (AvgIpc) is 2.70. The van der Waals surface area contributed by atoms with Gasteiger partial charge in [-0.1, -0.05) is 41.4 Å². The lowest BCUT2D eigenvalue weighted by Gasteiger charge is -2.28. The lowest BCUT2D eigenvalue weighted by molar-refractivity contribution is -0.142. The van der Waals surface area contributed by atoms with Gasteiger partial charge in [-0.15, -0.1) is 0 Å². The third-order valence-electron chi connectivity index (χ3n) is 4.19. The van der Waals surface area contributed by atoms with Crippen molar-refractivity contribution in [3.63, 3.8) is 0 Å². The Bertz CT molecular complexity index is 845. The second-order valence-electron chi connectivity index (χ2n) is 5.99. The quantitative estimate of drug-likeness (QED) is 0.703. The fourth-order valence-corrected chi connectivity index (χ4v) is 3.05.